The molecule has 0 aliphatic carbocycles. The van der Waals surface area contributed by atoms with E-state index in [9.17, 15) is 4.79 Å². The van der Waals surface area contributed by atoms with E-state index in [-0.39, 0.29) is 11.8 Å². The zero-order valence-electron chi connectivity index (χ0n) is 15.1. The molecule has 26 heavy (non-hydrogen) atoms. The lowest BCUT2D eigenvalue weighted by Gasteiger charge is -2.35. The molecule has 1 saturated heterocycles. The van der Waals surface area contributed by atoms with Crippen molar-refractivity contribution in [3.05, 3.63) is 54.2 Å². The van der Waals surface area contributed by atoms with Crippen molar-refractivity contribution in [3.8, 4) is 0 Å². The molecular weight excluding hydrogens is 328 g/mol. The van der Waals surface area contributed by atoms with E-state index < -0.39 is 0 Å². The number of hydrogen-bond acceptors (Lipinski definition) is 5. The largest absolute Gasteiger partial charge is 0.459 e. The molecule has 6 nitrogen and oxygen atoms in total. The van der Waals surface area contributed by atoms with E-state index >= 15 is 0 Å². The number of aromatic nitrogens is 2. The van der Waals surface area contributed by atoms with E-state index in [0.29, 0.717) is 18.8 Å². The standard InChI is InChI=1S/C20H22N4O2/c1-14(2)18-21-16-7-4-3-6-15(16)19(22-18)23-9-11-24(12-10-23)20(25)17-8-5-13-26-17/h3-8,13-14H,9-12H2,1-2H3. The highest BCUT2D eigenvalue weighted by molar-refractivity contribution is 5.92. The van der Waals surface area contributed by atoms with Gasteiger partial charge >= 0.3 is 0 Å². The van der Waals surface area contributed by atoms with Crippen LogP contribution < -0.4 is 4.90 Å². The number of carbonyl (C=O) groups is 1. The average Bonchev–Trinajstić information content (AvgIpc) is 3.21. The van der Waals surface area contributed by atoms with Gasteiger partial charge in [0.25, 0.3) is 5.91 Å². The summed E-state index contributed by atoms with van der Waals surface area (Å²) in [5.74, 6) is 2.43. The molecule has 1 aliphatic heterocycles. The molecule has 1 aromatic carbocycles. The van der Waals surface area contributed by atoms with Crippen LogP contribution in [0.3, 0.4) is 0 Å². The number of rotatable bonds is 3. The molecule has 0 unspecified atom stereocenters. The summed E-state index contributed by atoms with van der Waals surface area (Å²) in [5.41, 5.74) is 0.968. The number of hydrogen-bond donors (Lipinski definition) is 0. The van der Waals surface area contributed by atoms with Crippen LogP contribution in [0.4, 0.5) is 5.82 Å². The summed E-state index contributed by atoms with van der Waals surface area (Å²) in [6, 6.07) is 11.6. The Kier molecular flexibility index (Phi) is 4.32. The number of furan rings is 1. The molecule has 0 saturated carbocycles. The predicted octanol–water partition coefficient (Wildman–Crippen LogP) is 3.31. The van der Waals surface area contributed by atoms with Crippen LogP contribution in [0.1, 0.15) is 36.1 Å². The molecule has 1 fully saturated rings. The predicted molar refractivity (Wildman–Crippen MR) is 100 cm³/mol. The van der Waals surface area contributed by atoms with Gasteiger partial charge in [0.1, 0.15) is 11.6 Å². The van der Waals surface area contributed by atoms with Crippen LogP contribution in [-0.2, 0) is 0 Å². The third kappa shape index (κ3) is 3.03. The van der Waals surface area contributed by atoms with Crippen molar-refractivity contribution in [2.24, 2.45) is 0 Å². The number of nitrogens with zero attached hydrogens (tertiary/aromatic N) is 4. The van der Waals surface area contributed by atoms with Gasteiger partial charge in [-0.05, 0) is 24.3 Å². The average molecular weight is 350 g/mol. The van der Waals surface area contributed by atoms with E-state index in [1.54, 1.807) is 12.1 Å². The van der Waals surface area contributed by atoms with Gasteiger partial charge in [-0.2, -0.15) is 0 Å². The summed E-state index contributed by atoms with van der Waals surface area (Å²) in [7, 11) is 0. The molecule has 1 amide bonds. The molecule has 0 bridgehead atoms. The van der Waals surface area contributed by atoms with Gasteiger partial charge < -0.3 is 14.2 Å². The summed E-state index contributed by atoms with van der Waals surface area (Å²) < 4.78 is 5.23. The number of piperazine rings is 1. The van der Waals surface area contributed by atoms with Crippen LogP contribution in [0.15, 0.2) is 47.1 Å². The third-order valence-corrected chi connectivity index (χ3v) is 4.72. The number of anilines is 1. The Morgan fingerprint density at radius 1 is 1.04 bits per heavy atom. The second kappa shape index (κ2) is 6.78. The fourth-order valence-corrected chi connectivity index (χ4v) is 3.25. The molecule has 4 rings (SSSR count). The summed E-state index contributed by atoms with van der Waals surface area (Å²) >= 11 is 0. The van der Waals surface area contributed by atoms with Gasteiger partial charge in [-0.25, -0.2) is 9.97 Å². The molecule has 3 heterocycles. The van der Waals surface area contributed by atoms with Crippen molar-refractivity contribution in [1.82, 2.24) is 14.9 Å². The number of para-hydroxylation sites is 1. The molecule has 6 heteroatoms. The lowest BCUT2D eigenvalue weighted by Crippen LogP contribution is -2.49. The van der Waals surface area contributed by atoms with Crippen LogP contribution in [0.25, 0.3) is 10.9 Å². The van der Waals surface area contributed by atoms with E-state index in [2.05, 4.69) is 24.8 Å². The lowest BCUT2D eigenvalue weighted by atomic mass is 10.1. The number of carbonyl (C=O) groups excluding carboxylic acids is 1. The number of benzene rings is 1. The number of amides is 1. The minimum absolute atomic E-state index is 0.0509. The minimum Gasteiger partial charge on any atom is -0.459 e. The summed E-state index contributed by atoms with van der Waals surface area (Å²) in [6.07, 6.45) is 1.53. The Hall–Kier alpha value is -2.89. The van der Waals surface area contributed by atoms with Crippen molar-refractivity contribution in [1.29, 1.82) is 0 Å². The fraction of sp³-hybridized carbons (Fsp3) is 0.350. The minimum atomic E-state index is -0.0509. The van der Waals surface area contributed by atoms with E-state index in [0.717, 1.165) is 35.6 Å². The summed E-state index contributed by atoms with van der Waals surface area (Å²) in [5, 5.41) is 1.06. The Bertz CT molecular complexity index is 913. The zero-order valence-corrected chi connectivity index (χ0v) is 15.1. The van der Waals surface area contributed by atoms with Crippen molar-refractivity contribution in [2.45, 2.75) is 19.8 Å². The van der Waals surface area contributed by atoms with E-state index in [1.807, 2.05) is 23.1 Å². The highest BCUT2D eigenvalue weighted by Crippen LogP contribution is 2.27. The molecule has 0 atom stereocenters. The van der Waals surface area contributed by atoms with Crippen molar-refractivity contribution >= 4 is 22.6 Å². The number of fused-ring (bicyclic) bond motifs is 1. The summed E-state index contributed by atoms with van der Waals surface area (Å²) in [6.45, 7) is 6.99. The third-order valence-electron chi connectivity index (χ3n) is 4.72. The molecule has 1 aliphatic rings. The first-order chi connectivity index (χ1) is 12.6. The van der Waals surface area contributed by atoms with Crippen LogP contribution in [0.5, 0.6) is 0 Å². The van der Waals surface area contributed by atoms with E-state index in [1.165, 1.54) is 6.26 Å². The van der Waals surface area contributed by atoms with Crippen LogP contribution in [-0.4, -0.2) is 47.0 Å². The van der Waals surface area contributed by atoms with E-state index in [4.69, 9.17) is 14.4 Å². The van der Waals surface area contributed by atoms with Gasteiger partial charge in [-0.3, -0.25) is 4.79 Å². The van der Waals surface area contributed by atoms with Gasteiger partial charge in [0, 0.05) is 37.5 Å². The van der Waals surface area contributed by atoms with Gasteiger partial charge in [0.05, 0.1) is 11.8 Å². The maximum absolute atomic E-state index is 12.4. The monoisotopic (exact) mass is 350 g/mol. The van der Waals surface area contributed by atoms with Gasteiger partial charge in [-0.15, -0.1) is 0 Å². The molecule has 3 aromatic rings. The molecular formula is C20H22N4O2. The second-order valence-corrected chi connectivity index (χ2v) is 6.83. The van der Waals surface area contributed by atoms with Crippen LogP contribution in [0.2, 0.25) is 0 Å². The quantitative estimate of drug-likeness (QED) is 0.725. The molecule has 134 valence electrons. The highest BCUT2D eigenvalue weighted by Gasteiger charge is 2.25. The maximum Gasteiger partial charge on any atom is 0.289 e. The topological polar surface area (TPSA) is 62.5 Å². The maximum atomic E-state index is 12.4. The lowest BCUT2D eigenvalue weighted by molar-refractivity contribution is 0.0714. The van der Waals surface area contributed by atoms with Crippen molar-refractivity contribution in [3.63, 3.8) is 0 Å². The van der Waals surface area contributed by atoms with Gasteiger partial charge in [-0.1, -0.05) is 26.0 Å². The summed E-state index contributed by atoms with van der Waals surface area (Å²) in [4.78, 5) is 26.1. The molecule has 0 radical (unpaired) electrons. The first-order valence-electron chi connectivity index (χ1n) is 8.98. The molecule has 0 spiro atoms. The van der Waals surface area contributed by atoms with Crippen LogP contribution >= 0.6 is 0 Å². The van der Waals surface area contributed by atoms with Crippen LogP contribution in [0, 0.1) is 0 Å². The second-order valence-electron chi connectivity index (χ2n) is 6.83. The van der Waals surface area contributed by atoms with Crippen molar-refractivity contribution in [2.75, 3.05) is 31.1 Å². The Morgan fingerprint density at radius 3 is 2.50 bits per heavy atom. The van der Waals surface area contributed by atoms with Gasteiger partial charge in [0.15, 0.2) is 5.76 Å². The van der Waals surface area contributed by atoms with Crippen molar-refractivity contribution < 1.29 is 9.21 Å². The first-order valence-corrected chi connectivity index (χ1v) is 8.98. The SMILES string of the molecule is CC(C)c1nc(N2CCN(C(=O)c3ccco3)CC2)c2ccccc2n1. The Balaban J connectivity index is 1.58. The Morgan fingerprint density at radius 2 is 1.81 bits per heavy atom. The van der Waals surface area contributed by atoms with Gasteiger partial charge in [0.2, 0.25) is 0 Å². The molecule has 0 N–H and O–H groups in total. The first kappa shape index (κ1) is 16.6. The fourth-order valence-electron chi connectivity index (χ4n) is 3.25. The smallest absolute Gasteiger partial charge is 0.289 e. The normalized spacial score (nSPS) is 15.0. The zero-order chi connectivity index (χ0) is 18.1. The highest BCUT2D eigenvalue weighted by atomic mass is 16.3. The molecule has 2 aromatic heterocycles. The Labute approximate surface area is 152 Å².